The Morgan fingerprint density at radius 2 is 0.786 bits per heavy atom. The predicted molar refractivity (Wildman–Crippen MR) is 50.9 cm³/mol. The molecule has 0 aliphatic heterocycles. The van der Waals surface area contributed by atoms with Crippen LogP contribution in [0.4, 0.5) is 0 Å². The van der Waals surface area contributed by atoms with Crippen LogP contribution in [-0.2, 0) is 27.4 Å². The molecule has 1 radical (unpaired) electrons. The molecular formula is C4H19CoN5O3S. The second kappa shape index (κ2) is 38.3. The van der Waals surface area contributed by atoms with Crippen molar-refractivity contribution in [3.8, 4) is 0 Å². The molecule has 0 aromatic rings. The summed E-state index contributed by atoms with van der Waals surface area (Å²) < 4.78 is 25.3. The number of nitrogens with two attached hydrogens (primary N) is 4. The maximum atomic E-state index is 8.44. The molecule has 0 saturated heterocycles. The molecule has 0 aromatic carbocycles. The minimum Gasteiger partial charge on any atom is -0.344 e. The van der Waals surface area contributed by atoms with Gasteiger partial charge in [-0.05, 0) is 0 Å². The van der Waals surface area contributed by atoms with Crippen molar-refractivity contribution in [1.82, 2.24) is 6.15 Å². The van der Waals surface area contributed by atoms with Crippen molar-refractivity contribution >= 4 is 10.6 Å². The summed E-state index contributed by atoms with van der Waals surface area (Å²) in [6, 6.07) is 0. The fraction of sp³-hybridized carbons (Fsp3) is 1.00. The Bertz CT molecular complexity index is 135. The van der Waals surface area contributed by atoms with Crippen LogP contribution >= 0.6 is 0 Å². The van der Waals surface area contributed by atoms with Crippen LogP contribution in [0.5, 0.6) is 0 Å². The van der Waals surface area contributed by atoms with Gasteiger partial charge in [0.15, 0.2) is 0 Å². The molecule has 0 atom stereocenters. The van der Waals surface area contributed by atoms with E-state index in [2.05, 4.69) is 0 Å². The van der Waals surface area contributed by atoms with Gasteiger partial charge < -0.3 is 29.1 Å². The molecule has 0 heterocycles. The third-order valence-electron chi connectivity index (χ3n) is 0.333. The van der Waals surface area contributed by atoms with Crippen LogP contribution in [0.3, 0.4) is 0 Å². The number of rotatable bonds is 2. The van der Waals surface area contributed by atoms with E-state index < -0.39 is 10.6 Å². The molecule has 10 heteroatoms. The van der Waals surface area contributed by atoms with E-state index in [0.29, 0.717) is 26.2 Å². The summed E-state index contributed by atoms with van der Waals surface area (Å²) >= 11 is 0. The molecular weight excluding hydrogens is 257 g/mol. The standard InChI is InChI=1S/2C2H8N2.Co.H3N.O3S/c2*3-1-2-4;;;1-4(2)3/h2*1-4H2;;1H3;. The van der Waals surface area contributed by atoms with Gasteiger partial charge in [0.05, 0.1) is 0 Å². The summed E-state index contributed by atoms with van der Waals surface area (Å²) in [7, 11) is -3.11. The Morgan fingerprint density at radius 1 is 0.714 bits per heavy atom. The fourth-order valence-corrected chi connectivity index (χ4v) is 0. The van der Waals surface area contributed by atoms with Crippen LogP contribution in [0.15, 0.2) is 0 Å². The van der Waals surface area contributed by atoms with E-state index in [9.17, 15) is 0 Å². The Hall–Kier alpha value is -0.0735. The van der Waals surface area contributed by atoms with Crippen molar-refractivity contribution in [3.63, 3.8) is 0 Å². The van der Waals surface area contributed by atoms with Gasteiger partial charge in [0.1, 0.15) is 0 Å². The van der Waals surface area contributed by atoms with Gasteiger partial charge in [-0.15, -0.1) is 12.6 Å². The molecule has 93 valence electrons. The minimum absolute atomic E-state index is 0. The van der Waals surface area contributed by atoms with Gasteiger partial charge in [-0.2, -0.15) is 0 Å². The molecule has 0 amide bonds. The second-order valence-electron chi connectivity index (χ2n) is 1.36. The van der Waals surface area contributed by atoms with Crippen molar-refractivity contribution in [1.29, 1.82) is 0 Å². The Labute approximate surface area is 95.6 Å². The molecule has 0 bridgehead atoms. The molecule has 8 nitrogen and oxygen atoms in total. The van der Waals surface area contributed by atoms with E-state index in [-0.39, 0.29) is 22.9 Å². The molecule has 0 rings (SSSR count). The first-order chi connectivity index (χ1) is 5.56. The Morgan fingerprint density at radius 3 is 0.786 bits per heavy atom. The summed E-state index contributed by atoms with van der Waals surface area (Å²) in [4.78, 5) is 0. The average Bonchev–Trinajstić information content (AvgIpc) is 2.03. The Kier molecular flexibility index (Phi) is 79.9. The summed E-state index contributed by atoms with van der Waals surface area (Å²) in [5.74, 6) is 0. The first-order valence-electron chi connectivity index (χ1n) is 3.13. The third-order valence-corrected chi connectivity index (χ3v) is 0.333. The van der Waals surface area contributed by atoms with Crippen molar-refractivity contribution < 1.29 is 29.4 Å². The van der Waals surface area contributed by atoms with Gasteiger partial charge in [0.2, 0.25) is 0 Å². The Balaban J connectivity index is -0.0000000270. The van der Waals surface area contributed by atoms with Gasteiger partial charge in [0, 0.05) is 43.0 Å². The van der Waals surface area contributed by atoms with Crippen LogP contribution in [0.25, 0.3) is 0 Å². The van der Waals surface area contributed by atoms with E-state index in [1.807, 2.05) is 0 Å². The molecule has 0 unspecified atom stereocenters. The molecule has 0 aliphatic carbocycles. The molecule has 0 aromatic heterocycles. The second-order valence-corrected chi connectivity index (χ2v) is 1.77. The first kappa shape index (κ1) is 29.2. The molecule has 0 aliphatic rings. The quantitative estimate of drug-likeness (QED) is 0.351. The van der Waals surface area contributed by atoms with Crippen LogP contribution in [0.2, 0.25) is 0 Å². The van der Waals surface area contributed by atoms with Crippen molar-refractivity contribution in [2.45, 2.75) is 0 Å². The molecule has 0 spiro atoms. The van der Waals surface area contributed by atoms with Crippen LogP contribution < -0.4 is 29.1 Å². The minimum atomic E-state index is -3.11. The van der Waals surface area contributed by atoms with E-state index in [0.717, 1.165) is 0 Å². The molecule has 14 heavy (non-hydrogen) atoms. The summed E-state index contributed by atoms with van der Waals surface area (Å²) in [5.41, 5.74) is 19.6. The van der Waals surface area contributed by atoms with E-state index in [1.54, 1.807) is 0 Å². The van der Waals surface area contributed by atoms with Crippen molar-refractivity contribution in [3.05, 3.63) is 0 Å². The van der Waals surface area contributed by atoms with Crippen LogP contribution in [-0.4, -0.2) is 38.8 Å². The topological polar surface area (TPSA) is 190 Å². The van der Waals surface area contributed by atoms with Gasteiger partial charge in [-0.1, -0.05) is 0 Å². The van der Waals surface area contributed by atoms with E-state index >= 15 is 0 Å². The van der Waals surface area contributed by atoms with E-state index in [4.69, 9.17) is 35.6 Å². The predicted octanol–water partition coefficient (Wildman–Crippen LogP) is -3.04. The van der Waals surface area contributed by atoms with Gasteiger partial charge in [-0.25, -0.2) is 0 Å². The van der Waals surface area contributed by atoms with Gasteiger partial charge >= 0.3 is 10.6 Å². The monoisotopic (exact) mass is 276 g/mol. The maximum absolute atomic E-state index is 8.44. The molecule has 0 saturated carbocycles. The third kappa shape index (κ3) is 384. The summed E-state index contributed by atoms with van der Waals surface area (Å²) in [6.45, 7) is 2.39. The molecule has 11 N–H and O–H groups in total. The summed E-state index contributed by atoms with van der Waals surface area (Å²) in [5, 5.41) is 0. The zero-order valence-electron chi connectivity index (χ0n) is 7.81. The smallest absolute Gasteiger partial charge is 0.344 e. The van der Waals surface area contributed by atoms with Gasteiger partial charge in [-0.3, -0.25) is 0 Å². The summed E-state index contributed by atoms with van der Waals surface area (Å²) in [6.07, 6.45) is 0. The first-order valence-corrected chi connectivity index (χ1v) is 4.13. The van der Waals surface area contributed by atoms with Crippen molar-refractivity contribution in [2.75, 3.05) is 26.2 Å². The number of hydrogen-bond acceptors (Lipinski definition) is 8. The van der Waals surface area contributed by atoms with E-state index in [1.165, 1.54) is 0 Å². The van der Waals surface area contributed by atoms with Gasteiger partial charge in [0.25, 0.3) is 0 Å². The van der Waals surface area contributed by atoms with Crippen LogP contribution in [0, 0.1) is 0 Å². The number of hydrogen-bond donors (Lipinski definition) is 5. The SMILES string of the molecule is N.NCCN.NCCN.O=S(=O)=O.[Co]. The van der Waals surface area contributed by atoms with Crippen LogP contribution in [0.1, 0.15) is 0 Å². The van der Waals surface area contributed by atoms with Crippen molar-refractivity contribution in [2.24, 2.45) is 22.9 Å². The zero-order valence-corrected chi connectivity index (χ0v) is 9.67. The zero-order chi connectivity index (χ0) is 10.4. The fourth-order valence-electron chi connectivity index (χ4n) is 0. The normalized spacial score (nSPS) is 6.00. The maximum Gasteiger partial charge on any atom is 0.425 e. The largest absolute Gasteiger partial charge is 0.425 e. The average molecular weight is 276 g/mol. The molecule has 0 fully saturated rings.